The van der Waals surface area contributed by atoms with E-state index >= 15 is 0 Å². The average molecular weight is 233 g/mol. The number of nitrogens with one attached hydrogen (secondary N) is 1. The van der Waals surface area contributed by atoms with Crippen LogP contribution in [0.15, 0.2) is 24.3 Å². The highest BCUT2D eigenvalue weighted by Gasteiger charge is 2.14. The Kier molecular flexibility index (Phi) is 6.28. The van der Waals surface area contributed by atoms with Gasteiger partial charge >= 0.3 is 0 Å². The Labute approximate surface area is 107 Å². The second kappa shape index (κ2) is 7.50. The van der Waals surface area contributed by atoms with E-state index in [-0.39, 0.29) is 0 Å². The minimum absolute atomic E-state index is 0.659. The Bertz CT molecular complexity index is 302. The molecule has 0 amide bonds. The van der Waals surface area contributed by atoms with E-state index in [0.29, 0.717) is 6.04 Å². The molecule has 0 aliphatic carbocycles. The van der Waals surface area contributed by atoms with Gasteiger partial charge in [0.15, 0.2) is 0 Å². The van der Waals surface area contributed by atoms with Crippen molar-refractivity contribution in [2.75, 3.05) is 6.54 Å². The predicted molar refractivity (Wildman–Crippen MR) is 76.4 cm³/mol. The van der Waals surface area contributed by atoms with Gasteiger partial charge in [-0.2, -0.15) is 0 Å². The van der Waals surface area contributed by atoms with Gasteiger partial charge in [0.05, 0.1) is 0 Å². The highest BCUT2D eigenvalue weighted by atomic mass is 14.9. The summed E-state index contributed by atoms with van der Waals surface area (Å²) in [7, 11) is 0. The zero-order valence-electron chi connectivity index (χ0n) is 11.8. The SMILES string of the molecule is CCNC(CCc1ccc(C)cc1)C(C)CC. The van der Waals surface area contributed by atoms with Crippen LogP contribution >= 0.6 is 0 Å². The van der Waals surface area contributed by atoms with Gasteiger partial charge in [0.1, 0.15) is 0 Å². The van der Waals surface area contributed by atoms with Gasteiger partial charge < -0.3 is 5.32 Å². The molecule has 0 aliphatic rings. The minimum atomic E-state index is 0.659. The third kappa shape index (κ3) is 4.91. The van der Waals surface area contributed by atoms with Crippen molar-refractivity contribution in [1.29, 1.82) is 0 Å². The molecule has 1 rings (SSSR count). The van der Waals surface area contributed by atoms with E-state index in [4.69, 9.17) is 0 Å². The van der Waals surface area contributed by atoms with Crippen molar-refractivity contribution in [3.05, 3.63) is 35.4 Å². The number of rotatable bonds is 7. The number of benzene rings is 1. The first-order chi connectivity index (χ1) is 8.17. The number of hydrogen-bond acceptors (Lipinski definition) is 1. The van der Waals surface area contributed by atoms with Crippen LogP contribution in [-0.4, -0.2) is 12.6 Å². The highest BCUT2D eigenvalue weighted by molar-refractivity contribution is 5.21. The summed E-state index contributed by atoms with van der Waals surface area (Å²) in [5, 5.41) is 3.61. The lowest BCUT2D eigenvalue weighted by molar-refractivity contribution is 0.354. The summed E-state index contributed by atoms with van der Waals surface area (Å²) < 4.78 is 0. The molecule has 0 fully saturated rings. The topological polar surface area (TPSA) is 12.0 Å². The van der Waals surface area contributed by atoms with Crippen molar-refractivity contribution in [2.24, 2.45) is 5.92 Å². The maximum Gasteiger partial charge on any atom is 0.00956 e. The lowest BCUT2D eigenvalue weighted by Gasteiger charge is -2.23. The first-order valence-electron chi connectivity index (χ1n) is 6.96. The summed E-state index contributed by atoms with van der Waals surface area (Å²) in [5.41, 5.74) is 2.81. The maximum absolute atomic E-state index is 3.61. The molecular formula is C16H27N. The van der Waals surface area contributed by atoms with Crippen LogP contribution in [0.25, 0.3) is 0 Å². The van der Waals surface area contributed by atoms with E-state index in [1.54, 1.807) is 0 Å². The molecule has 17 heavy (non-hydrogen) atoms. The quantitative estimate of drug-likeness (QED) is 0.752. The van der Waals surface area contributed by atoms with Gasteiger partial charge in [-0.3, -0.25) is 0 Å². The second-order valence-electron chi connectivity index (χ2n) is 5.07. The number of hydrogen-bond donors (Lipinski definition) is 1. The normalized spacial score (nSPS) is 14.6. The molecule has 0 saturated heterocycles. The van der Waals surface area contributed by atoms with Crippen LogP contribution in [0.2, 0.25) is 0 Å². The summed E-state index contributed by atoms with van der Waals surface area (Å²) in [5.74, 6) is 0.764. The van der Waals surface area contributed by atoms with Crippen LogP contribution in [0.4, 0.5) is 0 Å². The van der Waals surface area contributed by atoms with Crippen molar-refractivity contribution in [3.8, 4) is 0 Å². The van der Waals surface area contributed by atoms with Gasteiger partial charge in [0.25, 0.3) is 0 Å². The Morgan fingerprint density at radius 3 is 2.29 bits per heavy atom. The molecule has 1 nitrogen and oxygen atoms in total. The van der Waals surface area contributed by atoms with E-state index in [9.17, 15) is 0 Å². The Balaban J connectivity index is 2.48. The molecule has 1 aromatic carbocycles. The summed E-state index contributed by atoms with van der Waals surface area (Å²) in [6.07, 6.45) is 3.68. The minimum Gasteiger partial charge on any atom is -0.314 e. The molecule has 0 aliphatic heterocycles. The van der Waals surface area contributed by atoms with Crippen molar-refractivity contribution < 1.29 is 0 Å². The average Bonchev–Trinajstić information content (AvgIpc) is 2.35. The monoisotopic (exact) mass is 233 g/mol. The molecule has 1 N–H and O–H groups in total. The van der Waals surface area contributed by atoms with Crippen molar-refractivity contribution >= 4 is 0 Å². The third-order valence-corrected chi connectivity index (χ3v) is 3.66. The highest BCUT2D eigenvalue weighted by Crippen LogP contribution is 2.14. The molecule has 0 spiro atoms. The standard InChI is InChI=1S/C16H27N/c1-5-14(4)16(17-6-2)12-11-15-9-7-13(3)8-10-15/h7-10,14,16-17H,5-6,11-12H2,1-4H3. The summed E-state index contributed by atoms with van der Waals surface area (Å²) >= 11 is 0. The van der Waals surface area contributed by atoms with Crippen LogP contribution in [0, 0.1) is 12.8 Å². The molecule has 0 bridgehead atoms. The fourth-order valence-corrected chi connectivity index (χ4v) is 2.21. The lowest BCUT2D eigenvalue weighted by atomic mass is 9.93. The second-order valence-corrected chi connectivity index (χ2v) is 5.07. The summed E-state index contributed by atoms with van der Waals surface area (Å²) in [4.78, 5) is 0. The van der Waals surface area contributed by atoms with Crippen molar-refractivity contribution in [2.45, 2.75) is 53.0 Å². The predicted octanol–water partition coefficient (Wildman–Crippen LogP) is 3.95. The van der Waals surface area contributed by atoms with Crippen LogP contribution in [-0.2, 0) is 6.42 Å². The molecule has 0 saturated carbocycles. The van der Waals surface area contributed by atoms with E-state index in [2.05, 4.69) is 57.3 Å². The summed E-state index contributed by atoms with van der Waals surface area (Å²) in [6.45, 7) is 10.0. The smallest absolute Gasteiger partial charge is 0.00956 e. The van der Waals surface area contributed by atoms with E-state index in [1.165, 1.54) is 30.4 Å². The fraction of sp³-hybridized carbons (Fsp3) is 0.625. The third-order valence-electron chi connectivity index (χ3n) is 3.66. The maximum atomic E-state index is 3.61. The zero-order chi connectivity index (χ0) is 12.7. The Morgan fingerprint density at radius 2 is 1.76 bits per heavy atom. The van der Waals surface area contributed by atoms with Gasteiger partial charge in [0.2, 0.25) is 0 Å². The lowest BCUT2D eigenvalue weighted by Crippen LogP contribution is -2.35. The van der Waals surface area contributed by atoms with Crippen molar-refractivity contribution in [1.82, 2.24) is 5.32 Å². The number of aryl methyl sites for hydroxylation is 2. The molecule has 1 aromatic rings. The van der Waals surface area contributed by atoms with Gasteiger partial charge in [-0.05, 0) is 37.8 Å². The van der Waals surface area contributed by atoms with Gasteiger partial charge in [-0.1, -0.05) is 57.0 Å². The first-order valence-corrected chi connectivity index (χ1v) is 6.96. The molecular weight excluding hydrogens is 206 g/mol. The van der Waals surface area contributed by atoms with Gasteiger partial charge in [-0.15, -0.1) is 0 Å². The zero-order valence-corrected chi connectivity index (χ0v) is 11.8. The molecule has 1 heteroatoms. The Morgan fingerprint density at radius 1 is 1.12 bits per heavy atom. The molecule has 0 aromatic heterocycles. The summed E-state index contributed by atoms with van der Waals surface area (Å²) in [6, 6.07) is 9.59. The fourth-order valence-electron chi connectivity index (χ4n) is 2.21. The van der Waals surface area contributed by atoms with E-state index < -0.39 is 0 Å². The van der Waals surface area contributed by atoms with Gasteiger partial charge in [-0.25, -0.2) is 0 Å². The van der Waals surface area contributed by atoms with Crippen LogP contribution in [0.1, 0.15) is 44.7 Å². The van der Waals surface area contributed by atoms with Gasteiger partial charge in [0, 0.05) is 6.04 Å². The van der Waals surface area contributed by atoms with Crippen LogP contribution in [0.3, 0.4) is 0 Å². The largest absolute Gasteiger partial charge is 0.314 e. The molecule has 0 heterocycles. The van der Waals surface area contributed by atoms with E-state index in [1.807, 2.05) is 0 Å². The Hall–Kier alpha value is -0.820. The van der Waals surface area contributed by atoms with E-state index in [0.717, 1.165) is 12.5 Å². The molecule has 2 atom stereocenters. The molecule has 0 radical (unpaired) electrons. The first kappa shape index (κ1) is 14.2. The molecule has 96 valence electrons. The van der Waals surface area contributed by atoms with Crippen LogP contribution in [0.5, 0.6) is 0 Å². The molecule has 2 unspecified atom stereocenters. The van der Waals surface area contributed by atoms with Crippen LogP contribution < -0.4 is 5.32 Å². The van der Waals surface area contributed by atoms with Crippen molar-refractivity contribution in [3.63, 3.8) is 0 Å².